The summed E-state index contributed by atoms with van der Waals surface area (Å²) in [4.78, 5) is 23.1. The van der Waals surface area contributed by atoms with Gasteiger partial charge in [-0.1, -0.05) is 19.8 Å². The summed E-state index contributed by atoms with van der Waals surface area (Å²) in [5.74, 6) is -0.356. The van der Waals surface area contributed by atoms with E-state index in [0.29, 0.717) is 11.6 Å². The highest BCUT2D eigenvalue weighted by Crippen LogP contribution is 2.23. The average molecular weight is 321 g/mol. The number of hydrogen-bond donors (Lipinski definition) is 3. The van der Waals surface area contributed by atoms with E-state index in [1.54, 1.807) is 0 Å². The molecule has 2 rings (SSSR count). The molecular weight excluding hydrogens is 297 g/mol. The Hall–Kier alpha value is -2.11. The predicted octanol–water partition coefficient (Wildman–Crippen LogP) is 2.89. The highest BCUT2D eigenvalue weighted by Gasteiger charge is 2.22. The van der Waals surface area contributed by atoms with Crippen molar-refractivity contribution in [1.82, 2.24) is 5.32 Å². The Bertz CT molecular complexity index is 577. The van der Waals surface area contributed by atoms with Crippen LogP contribution in [0.15, 0.2) is 18.2 Å². The lowest BCUT2D eigenvalue weighted by Gasteiger charge is -2.29. The zero-order valence-electron chi connectivity index (χ0n) is 13.6. The van der Waals surface area contributed by atoms with Gasteiger partial charge < -0.3 is 16.0 Å². The number of carbonyl (C=O) groups excluding carboxylic acids is 2. The maximum absolute atomic E-state index is 13.8. The van der Waals surface area contributed by atoms with Crippen LogP contribution in [0, 0.1) is 11.7 Å². The predicted molar refractivity (Wildman–Crippen MR) is 88.8 cm³/mol. The first-order valence-electron chi connectivity index (χ1n) is 8.06. The van der Waals surface area contributed by atoms with Crippen LogP contribution in [-0.4, -0.2) is 24.4 Å². The number of carbonyl (C=O) groups is 2. The normalized spacial score (nSPS) is 20.7. The standard InChI is InChI=1S/C17H24FN3O2/c1-11-5-3-4-6-15(11)21-17(23)10-19-16-9-13(20-12(2)22)7-8-14(16)18/h7-9,11,15,19H,3-6,10H2,1-2H3,(H,20,22)(H,21,23). The van der Waals surface area contributed by atoms with E-state index in [1.807, 2.05) is 0 Å². The average Bonchev–Trinajstić information content (AvgIpc) is 2.49. The van der Waals surface area contributed by atoms with Crippen LogP contribution < -0.4 is 16.0 Å². The van der Waals surface area contributed by atoms with Crippen LogP contribution in [0.5, 0.6) is 0 Å². The zero-order valence-corrected chi connectivity index (χ0v) is 13.6. The van der Waals surface area contributed by atoms with Crippen LogP contribution in [0.2, 0.25) is 0 Å². The molecule has 1 fully saturated rings. The fourth-order valence-corrected chi connectivity index (χ4v) is 2.91. The van der Waals surface area contributed by atoms with Gasteiger partial charge in [0.25, 0.3) is 0 Å². The van der Waals surface area contributed by atoms with Gasteiger partial charge in [0.05, 0.1) is 12.2 Å². The topological polar surface area (TPSA) is 70.2 Å². The second-order valence-corrected chi connectivity index (χ2v) is 6.17. The minimum absolute atomic E-state index is 0.00364. The molecule has 0 radical (unpaired) electrons. The number of hydrogen-bond acceptors (Lipinski definition) is 3. The smallest absolute Gasteiger partial charge is 0.239 e. The first-order valence-corrected chi connectivity index (χ1v) is 8.06. The largest absolute Gasteiger partial charge is 0.374 e. The molecule has 3 N–H and O–H groups in total. The Morgan fingerprint density at radius 2 is 2.00 bits per heavy atom. The highest BCUT2D eigenvalue weighted by molar-refractivity contribution is 5.89. The molecule has 2 amide bonds. The molecule has 0 spiro atoms. The fraction of sp³-hybridized carbons (Fsp3) is 0.529. The maximum atomic E-state index is 13.8. The van der Waals surface area contributed by atoms with Gasteiger partial charge >= 0.3 is 0 Å². The van der Waals surface area contributed by atoms with Crippen molar-refractivity contribution in [3.8, 4) is 0 Å². The molecule has 126 valence electrons. The second-order valence-electron chi connectivity index (χ2n) is 6.17. The van der Waals surface area contributed by atoms with Crippen molar-refractivity contribution in [2.75, 3.05) is 17.2 Å². The van der Waals surface area contributed by atoms with Gasteiger partial charge in [0.2, 0.25) is 11.8 Å². The second kappa shape index (κ2) is 7.94. The van der Waals surface area contributed by atoms with E-state index in [0.717, 1.165) is 19.3 Å². The molecule has 0 bridgehead atoms. The van der Waals surface area contributed by atoms with Gasteiger partial charge in [-0.15, -0.1) is 0 Å². The number of rotatable bonds is 5. The monoisotopic (exact) mass is 321 g/mol. The molecule has 5 nitrogen and oxygen atoms in total. The van der Waals surface area contributed by atoms with Crippen LogP contribution >= 0.6 is 0 Å². The minimum Gasteiger partial charge on any atom is -0.374 e. The molecule has 2 atom stereocenters. The van der Waals surface area contributed by atoms with Gasteiger partial charge in [-0.05, 0) is 37.0 Å². The third-order valence-corrected chi connectivity index (χ3v) is 4.18. The van der Waals surface area contributed by atoms with Crippen molar-refractivity contribution in [1.29, 1.82) is 0 Å². The summed E-state index contributed by atoms with van der Waals surface area (Å²) < 4.78 is 13.8. The van der Waals surface area contributed by atoms with E-state index in [9.17, 15) is 14.0 Å². The molecule has 0 heterocycles. The molecule has 2 unspecified atom stereocenters. The summed E-state index contributed by atoms with van der Waals surface area (Å²) in [5.41, 5.74) is 0.686. The van der Waals surface area contributed by atoms with Gasteiger partial charge in [0.1, 0.15) is 5.82 Å². The summed E-state index contributed by atoms with van der Waals surface area (Å²) in [5, 5.41) is 8.39. The Kier molecular flexibility index (Phi) is 5.96. The van der Waals surface area contributed by atoms with E-state index < -0.39 is 5.82 Å². The number of amides is 2. The Labute approximate surface area is 136 Å². The third-order valence-electron chi connectivity index (χ3n) is 4.18. The number of benzene rings is 1. The van der Waals surface area contributed by atoms with Crippen LogP contribution in [0.25, 0.3) is 0 Å². The highest BCUT2D eigenvalue weighted by atomic mass is 19.1. The van der Waals surface area contributed by atoms with Gasteiger partial charge in [0.15, 0.2) is 0 Å². The molecule has 1 aliphatic carbocycles. The minimum atomic E-state index is -0.460. The molecular formula is C17H24FN3O2. The zero-order chi connectivity index (χ0) is 16.8. The van der Waals surface area contributed by atoms with Crippen LogP contribution in [-0.2, 0) is 9.59 Å². The van der Waals surface area contributed by atoms with Crippen molar-refractivity contribution in [3.05, 3.63) is 24.0 Å². The van der Waals surface area contributed by atoms with Gasteiger partial charge in [-0.2, -0.15) is 0 Å². The Morgan fingerprint density at radius 3 is 2.70 bits per heavy atom. The third kappa shape index (κ3) is 5.23. The van der Waals surface area contributed by atoms with Crippen LogP contribution in [0.4, 0.5) is 15.8 Å². The lowest BCUT2D eigenvalue weighted by molar-refractivity contribution is -0.120. The van der Waals surface area contributed by atoms with E-state index in [1.165, 1.54) is 31.5 Å². The lowest BCUT2D eigenvalue weighted by atomic mass is 9.86. The van der Waals surface area contributed by atoms with Crippen molar-refractivity contribution in [2.45, 2.75) is 45.6 Å². The molecule has 23 heavy (non-hydrogen) atoms. The van der Waals surface area contributed by atoms with Crippen LogP contribution in [0.1, 0.15) is 39.5 Å². The Morgan fingerprint density at radius 1 is 1.26 bits per heavy atom. The summed E-state index contributed by atoms with van der Waals surface area (Å²) in [6.07, 6.45) is 4.48. The molecule has 1 aromatic rings. The fourth-order valence-electron chi connectivity index (χ4n) is 2.91. The van der Waals surface area contributed by atoms with Crippen molar-refractivity contribution in [2.24, 2.45) is 5.92 Å². The van der Waals surface area contributed by atoms with Gasteiger partial charge in [0, 0.05) is 18.7 Å². The summed E-state index contributed by atoms with van der Waals surface area (Å²) in [6.45, 7) is 3.53. The van der Waals surface area contributed by atoms with E-state index >= 15 is 0 Å². The van der Waals surface area contributed by atoms with Crippen molar-refractivity contribution >= 4 is 23.2 Å². The van der Waals surface area contributed by atoms with Gasteiger partial charge in [-0.3, -0.25) is 9.59 Å². The molecule has 1 aromatic carbocycles. The van der Waals surface area contributed by atoms with E-state index in [-0.39, 0.29) is 30.1 Å². The van der Waals surface area contributed by atoms with Gasteiger partial charge in [-0.25, -0.2) is 4.39 Å². The van der Waals surface area contributed by atoms with Crippen LogP contribution in [0.3, 0.4) is 0 Å². The number of anilines is 2. The molecule has 1 saturated carbocycles. The quantitative estimate of drug-likeness (QED) is 0.781. The Balaban J connectivity index is 1.89. The molecule has 6 heteroatoms. The molecule has 0 aliphatic heterocycles. The molecule has 1 aliphatic rings. The van der Waals surface area contributed by atoms with E-state index in [2.05, 4.69) is 22.9 Å². The van der Waals surface area contributed by atoms with Crippen molar-refractivity contribution in [3.63, 3.8) is 0 Å². The molecule has 0 aromatic heterocycles. The first kappa shape index (κ1) is 17.2. The SMILES string of the molecule is CC(=O)Nc1ccc(F)c(NCC(=O)NC2CCCCC2C)c1. The molecule has 0 saturated heterocycles. The summed E-state index contributed by atoms with van der Waals surface area (Å²) in [7, 11) is 0. The van der Waals surface area contributed by atoms with E-state index in [4.69, 9.17) is 0 Å². The first-order chi connectivity index (χ1) is 11.0. The lowest BCUT2D eigenvalue weighted by Crippen LogP contribution is -2.43. The summed E-state index contributed by atoms with van der Waals surface area (Å²) >= 11 is 0. The van der Waals surface area contributed by atoms with Crippen molar-refractivity contribution < 1.29 is 14.0 Å². The number of halogens is 1. The maximum Gasteiger partial charge on any atom is 0.239 e. The summed E-state index contributed by atoms with van der Waals surface area (Å²) in [6, 6.07) is 4.42. The number of nitrogens with one attached hydrogen (secondary N) is 3.